The number of hydrogen-bond donors (Lipinski definition) is 0. The van der Waals surface area contributed by atoms with Crippen molar-refractivity contribution in [3.63, 3.8) is 0 Å². The molecule has 1 aromatic heterocycles. The first-order valence-electron chi connectivity index (χ1n) is 4.49. The zero-order valence-electron chi connectivity index (χ0n) is 8.17. The molecule has 0 radical (unpaired) electrons. The molecule has 0 saturated heterocycles. The second-order valence-corrected chi connectivity index (χ2v) is 5.20. The average Bonchev–Trinajstić information content (AvgIpc) is 2.64. The van der Waals surface area contributed by atoms with Gasteiger partial charge in [-0.15, -0.1) is 11.3 Å². The van der Waals surface area contributed by atoms with Crippen molar-refractivity contribution < 1.29 is 0 Å². The third kappa shape index (κ3) is 1.77. The molecule has 2 heteroatoms. The van der Waals surface area contributed by atoms with E-state index in [0.717, 1.165) is 0 Å². The Bertz CT molecular complexity index is 444. The highest BCUT2D eigenvalue weighted by molar-refractivity contribution is 9.10. The second-order valence-electron chi connectivity index (χ2n) is 3.39. The normalized spacial score (nSPS) is 10.5. The van der Waals surface area contributed by atoms with E-state index in [1.165, 1.54) is 26.0 Å². The van der Waals surface area contributed by atoms with Gasteiger partial charge in [-0.05, 0) is 54.1 Å². The summed E-state index contributed by atoms with van der Waals surface area (Å²) in [5.74, 6) is 0. The summed E-state index contributed by atoms with van der Waals surface area (Å²) in [7, 11) is 0. The smallest absolute Gasteiger partial charge is 0.0345 e. The van der Waals surface area contributed by atoms with Crippen LogP contribution >= 0.6 is 27.3 Å². The van der Waals surface area contributed by atoms with E-state index in [9.17, 15) is 0 Å². The van der Waals surface area contributed by atoms with E-state index in [0.29, 0.717) is 0 Å². The minimum Gasteiger partial charge on any atom is -0.144 e. The van der Waals surface area contributed by atoms with Gasteiger partial charge < -0.3 is 0 Å². The van der Waals surface area contributed by atoms with Crippen molar-refractivity contribution in [3.05, 3.63) is 45.2 Å². The molecule has 2 rings (SSSR count). The molecule has 72 valence electrons. The molecule has 1 aromatic carbocycles. The maximum absolute atomic E-state index is 3.55. The molecule has 1 heterocycles. The third-order valence-electron chi connectivity index (χ3n) is 2.29. The lowest BCUT2D eigenvalue weighted by Crippen LogP contribution is -1.84. The van der Waals surface area contributed by atoms with Crippen LogP contribution in [0.1, 0.15) is 11.1 Å². The molecule has 14 heavy (non-hydrogen) atoms. The van der Waals surface area contributed by atoms with Crippen molar-refractivity contribution in [3.8, 4) is 10.4 Å². The summed E-state index contributed by atoms with van der Waals surface area (Å²) in [4.78, 5) is 1.35. The van der Waals surface area contributed by atoms with Gasteiger partial charge in [0, 0.05) is 9.35 Å². The Hall–Kier alpha value is -0.600. The van der Waals surface area contributed by atoms with Crippen LogP contribution in [0.15, 0.2) is 34.1 Å². The first-order valence-corrected chi connectivity index (χ1v) is 6.16. The lowest BCUT2D eigenvalue weighted by Gasteiger charge is -2.06. The molecule has 0 fully saturated rings. The van der Waals surface area contributed by atoms with Gasteiger partial charge in [-0.1, -0.05) is 22.0 Å². The molecule has 0 spiro atoms. The van der Waals surface area contributed by atoms with Crippen molar-refractivity contribution >= 4 is 27.3 Å². The van der Waals surface area contributed by atoms with Gasteiger partial charge in [0.05, 0.1) is 0 Å². The minimum absolute atomic E-state index is 1.19. The summed E-state index contributed by atoms with van der Waals surface area (Å²) in [6.07, 6.45) is 0. The summed E-state index contributed by atoms with van der Waals surface area (Å²) in [5, 5.41) is 2.12. The molecule has 0 aliphatic rings. The van der Waals surface area contributed by atoms with E-state index in [1.807, 2.05) is 0 Å². The van der Waals surface area contributed by atoms with Gasteiger partial charge in [0.15, 0.2) is 0 Å². The van der Waals surface area contributed by atoms with Crippen LogP contribution in [-0.4, -0.2) is 0 Å². The van der Waals surface area contributed by atoms with Crippen molar-refractivity contribution in [1.29, 1.82) is 0 Å². The lowest BCUT2D eigenvalue weighted by molar-refractivity contribution is 1.37. The molecule has 0 nitrogen and oxygen atoms in total. The Morgan fingerprint density at radius 1 is 1.14 bits per heavy atom. The van der Waals surface area contributed by atoms with Gasteiger partial charge in [-0.3, -0.25) is 0 Å². The van der Waals surface area contributed by atoms with Gasteiger partial charge in [0.1, 0.15) is 0 Å². The average molecular weight is 267 g/mol. The van der Waals surface area contributed by atoms with Crippen molar-refractivity contribution in [2.45, 2.75) is 13.8 Å². The molecule has 0 aliphatic carbocycles. The van der Waals surface area contributed by atoms with Crippen molar-refractivity contribution in [2.75, 3.05) is 0 Å². The molecule has 0 atom stereocenters. The Morgan fingerprint density at radius 2 is 1.93 bits per heavy atom. The lowest BCUT2D eigenvalue weighted by atomic mass is 10.0. The fourth-order valence-corrected chi connectivity index (χ4v) is 2.74. The van der Waals surface area contributed by atoms with Gasteiger partial charge in [-0.25, -0.2) is 0 Å². The Morgan fingerprint density at radius 3 is 2.57 bits per heavy atom. The van der Waals surface area contributed by atoms with E-state index in [1.54, 1.807) is 11.3 Å². The number of halogens is 1. The number of rotatable bonds is 1. The fraction of sp³-hybridized carbons (Fsp3) is 0.167. The van der Waals surface area contributed by atoms with Gasteiger partial charge in [-0.2, -0.15) is 0 Å². The highest BCUT2D eigenvalue weighted by atomic mass is 79.9. The Labute approximate surface area is 96.7 Å². The molecule has 0 unspecified atom stereocenters. The summed E-state index contributed by atoms with van der Waals surface area (Å²) in [5.41, 5.74) is 3.96. The molecular weight excluding hydrogens is 256 g/mol. The van der Waals surface area contributed by atoms with E-state index < -0.39 is 0 Å². The topological polar surface area (TPSA) is 0 Å². The van der Waals surface area contributed by atoms with Crippen LogP contribution in [0.5, 0.6) is 0 Å². The van der Waals surface area contributed by atoms with Crippen LogP contribution in [0, 0.1) is 13.8 Å². The number of thiophene rings is 1. The van der Waals surface area contributed by atoms with E-state index in [2.05, 4.69) is 59.4 Å². The fourth-order valence-electron chi connectivity index (χ4n) is 1.48. The van der Waals surface area contributed by atoms with Crippen LogP contribution in [0.2, 0.25) is 0 Å². The number of hydrogen-bond acceptors (Lipinski definition) is 1. The summed E-state index contributed by atoms with van der Waals surface area (Å²) in [6, 6.07) is 8.69. The van der Waals surface area contributed by atoms with Crippen molar-refractivity contribution in [1.82, 2.24) is 0 Å². The number of benzene rings is 1. The Kier molecular flexibility index (Phi) is 2.75. The van der Waals surface area contributed by atoms with E-state index >= 15 is 0 Å². The first-order chi connectivity index (χ1) is 6.68. The van der Waals surface area contributed by atoms with Gasteiger partial charge >= 0.3 is 0 Å². The molecule has 0 saturated carbocycles. The number of aryl methyl sites for hydroxylation is 2. The molecule has 0 amide bonds. The molecule has 2 aromatic rings. The van der Waals surface area contributed by atoms with Crippen LogP contribution in [0.3, 0.4) is 0 Å². The Balaban J connectivity index is 2.60. The molecule has 0 N–H and O–H groups in total. The quantitative estimate of drug-likeness (QED) is 0.696. The third-order valence-corrected chi connectivity index (χ3v) is 4.05. The van der Waals surface area contributed by atoms with Gasteiger partial charge in [0.25, 0.3) is 0 Å². The van der Waals surface area contributed by atoms with Crippen LogP contribution in [-0.2, 0) is 0 Å². The van der Waals surface area contributed by atoms with E-state index in [-0.39, 0.29) is 0 Å². The zero-order chi connectivity index (χ0) is 10.1. The minimum atomic E-state index is 1.19. The summed E-state index contributed by atoms with van der Waals surface area (Å²) in [6.45, 7) is 4.28. The predicted molar refractivity (Wildman–Crippen MR) is 66.9 cm³/mol. The summed E-state index contributed by atoms with van der Waals surface area (Å²) >= 11 is 5.34. The van der Waals surface area contributed by atoms with Crippen LogP contribution in [0.25, 0.3) is 10.4 Å². The highest BCUT2D eigenvalue weighted by Gasteiger charge is 2.05. The maximum atomic E-state index is 3.55. The standard InChI is InChI=1S/C12H11BrS/c1-8-7-11(13)9(2)6-10(8)12-4-3-5-14-12/h3-7H,1-2H3. The second kappa shape index (κ2) is 3.87. The van der Waals surface area contributed by atoms with Crippen molar-refractivity contribution in [2.24, 2.45) is 0 Å². The largest absolute Gasteiger partial charge is 0.144 e. The molecule has 0 bridgehead atoms. The molecule has 0 aliphatic heterocycles. The summed E-state index contributed by atoms with van der Waals surface area (Å²) < 4.78 is 1.19. The predicted octanol–water partition coefficient (Wildman–Crippen LogP) is 4.79. The van der Waals surface area contributed by atoms with Gasteiger partial charge in [0.2, 0.25) is 0 Å². The highest BCUT2D eigenvalue weighted by Crippen LogP contribution is 2.31. The maximum Gasteiger partial charge on any atom is 0.0345 e. The first kappa shape index (κ1) is 9.94. The molecular formula is C12H11BrS. The van der Waals surface area contributed by atoms with Crippen LogP contribution < -0.4 is 0 Å². The SMILES string of the molecule is Cc1cc(-c2cccs2)c(C)cc1Br. The van der Waals surface area contributed by atoms with E-state index in [4.69, 9.17) is 0 Å². The van der Waals surface area contributed by atoms with Crippen LogP contribution in [0.4, 0.5) is 0 Å². The zero-order valence-corrected chi connectivity index (χ0v) is 10.6. The monoisotopic (exact) mass is 266 g/mol.